The monoisotopic (exact) mass is 284 g/mol. The molecule has 0 aliphatic heterocycles. The van der Waals surface area contributed by atoms with E-state index in [4.69, 9.17) is 5.26 Å². The predicted octanol–water partition coefficient (Wildman–Crippen LogP) is 2.55. The zero-order chi connectivity index (χ0) is 14.5. The van der Waals surface area contributed by atoms with E-state index in [-0.39, 0.29) is 5.91 Å². The van der Waals surface area contributed by atoms with Crippen molar-refractivity contribution >= 4 is 22.4 Å². The Bertz CT molecular complexity index is 706. The summed E-state index contributed by atoms with van der Waals surface area (Å²) in [6.07, 6.45) is 1.51. The molecule has 100 valence electrons. The van der Waals surface area contributed by atoms with Crippen molar-refractivity contribution in [1.82, 2.24) is 0 Å². The van der Waals surface area contributed by atoms with Crippen molar-refractivity contribution in [2.75, 3.05) is 11.6 Å². The molecule has 2 aromatic carbocycles. The van der Waals surface area contributed by atoms with E-state index in [9.17, 15) is 9.00 Å². The van der Waals surface area contributed by atoms with Crippen LogP contribution < -0.4 is 5.32 Å². The van der Waals surface area contributed by atoms with E-state index >= 15 is 0 Å². The summed E-state index contributed by atoms with van der Waals surface area (Å²) in [7, 11) is -1.23. The summed E-state index contributed by atoms with van der Waals surface area (Å²) in [5.74, 6) is -0.250. The summed E-state index contributed by atoms with van der Waals surface area (Å²) in [5, 5.41) is 11.8. The lowest BCUT2D eigenvalue weighted by molar-refractivity contribution is 0.102. The van der Waals surface area contributed by atoms with Crippen LogP contribution in [0.25, 0.3) is 0 Å². The fourth-order valence-electron chi connectivity index (χ4n) is 1.74. The highest BCUT2D eigenvalue weighted by Crippen LogP contribution is 2.18. The lowest BCUT2D eigenvalue weighted by atomic mass is 10.2. The van der Waals surface area contributed by atoms with E-state index in [1.54, 1.807) is 36.4 Å². The van der Waals surface area contributed by atoms with E-state index in [0.29, 0.717) is 21.7 Å². The van der Waals surface area contributed by atoms with Crippen molar-refractivity contribution in [2.24, 2.45) is 0 Å². The third-order valence-electron chi connectivity index (χ3n) is 2.70. The van der Waals surface area contributed by atoms with Crippen molar-refractivity contribution < 1.29 is 9.00 Å². The quantitative estimate of drug-likeness (QED) is 0.941. The number of hydrogen-bond acceptors (Lipinski definition) is 3. The number of carbonyl (C=O) groups excluding carboxylic acids is 1. The summed E-state index contributed by atoms with van der Waals surface area (Å²) >= 11 is 0. The first-order valence-electron chi connectivity index (χ1n) is 5.86. The fourth-order valence-corrected chi connectivity index (χ4v) is 2.41. The summed E-state index contributed by atoms with van der Waals surface area (Å²) in [4.78, 5) is 12.4. The van der Waals surface area contributed by atoms with Gasteiger partial charge in [0.2, 0.25) is 0 Å². The van der Waals surface area contributed by atoms with Crippen LogP contribution in [0.2, 0.25) is 0 Å². The summed E-state index contributed by atoms with van der Waals surface area (Å²) < 4.78 is 11.5. The Morgan fingerprint density at radius 1 is 1.20 bits per heavy atom. The van der Waals surface area contributed by atoms with Gasteiger partial charge in [0.1, 0.15) is 6.07 Å². The molecule has 0 aromatic heterocycles. The van der Waals surface area contributed by atoms with Crippen molar-refractivity contribution in [1.29, 1.82) is 5.26 Å². The normalized spacial score (nSPS) is 11.4. The van der Waals surface area contributed by atoms with E-state index in [0.717, 1.165) is 0 Å². The van der Waals surface area contributed by atoms with Crippen LogP contribution >= 0.6 is 0 Å². The Morgan fingerprint density at radius 2 is 1.90 bits per heavy atom. The largest absolute Gasteiger partial charge is 0.322 e. The molecule has 0 saturated heterocycles. The average molecular weight is 284 g/mol. The van der Waals surface area contributed by atoms with Crippen LogP contribution in [0.3, 0.4) is 0 Å². The van der Waals surface area contributed by atoms with Gasteiger partial charge in [-0.2, -0.15) is 5.26 Å². The number of benzene rings is 2. The second-order valence-corrected chi connectivity index (χ2v) is 5.45. The third kappa shape index (κ3) is 3.11. The molecule has 0 bridgehead atoms. The number of rotatable bonds is 3. The van der Waals surface area contributed by atoms with E-state index in [2.05, 4.69) is 5.32 Å². The molecule has 0 heterocycles. The van der Waals surface area contributed by atoms with E-state index in [1.165, 1.54) is 12.3 Å². The van der Waals surface area contributed by atoms with Gasteiger partial charge in [-0.25, -0.2) is 0 Å². The molecule has 2 aromatic rings. The summed E-state index contributed by atoms with van der Waals surface area (Å²) in [6.45, 7) is 0. The molecular weight excluding hydrogens is 272 g/mol. The van der Waals surface area contributed by atoms with Crippen LogP contribution in [0.4, 0.5) is 5.69 Å². The van der Waals surface area contributed by atoms with Crippen LogP contribution in [-0.4, -0.2) is 16.4 Å². The highest BCUT2D eigenvalue weighted by atomic mass is 32.2. The average Bonchev–Trinajstić information content (AvgIpc) is 2.47. The minimum atomic E-state index is -1.23. The fraction of sp³-hybridized carbons (Fsp3) is 0.0667. The zero-order valence-electron chi connectivity index (χ0n) is 10.8. The number of amides is 1. The number of nitrogens with one attached hydrogen (secondary N) is 1. The molecule has 4 nitrogen and oxygen atoms in total. The smallest absolute Gasteiger partial charge is 0.255 e. The molecule has 0 saturated carbocycles. The zero-order valence-corrected chi connectivity index (χ0v) is 11.6. The molecule has 0 aliphatic carbocycles. The van der Waals surface area contributed by atoms with Crippen LogP contribution in [-0.2, 0) is 10.8 Å². The van der Waals surface area contributed by atoms with Gasteiger partial charge >= 0.3 is 0 Å². The van der Waals surface area contributed by atoms with Gasteiger partial charge in [-0.15, -0.1) is 0 Å². The first kappa shape index (κ1) is 14.0. The molecule has 0 fully saturated rings. The van der Waals surface area contributed by atoms with Gasteiger partial charge in [-0.05, 0) is 30.3 Å². The standard InChI is InChI=1S/C15H12N2O2S/c1-20(19)14-8-7-13(9-12(14)10-16)17-15(18)11-5-3-2-4-6-11/h2-9H,1H3,(H,17,18). The maximum atomic E-state index is 12.0. The van der Waals surface area contributed by atoms with Crippen molar-refractivity contribution in [3.05, 3.63) is 59.7 Å². The van der Waals surface area contributed by atoms with Gasteiger partial charge in [0.05, 0.1) is 21.3 Å². The molecule has 0 radical (unpaired) electrons. The molecule has 1 atom stereocenters. The van der Waals surface area contributed by atoms with E-state index in [1.807, 2.05) is 12.1 Å². The summed E-state index contributed by atoms with van der Waals surface area (Å²) in [5.41, 5.74) is 1.34. The van der Waals surface area contributed by atoms with Crippen molar-refractivity contribution in [3.63, 3.8) is 0 Å². The molecule has 1 N–H and O–H groups in total. The summed E-state index contributed by atoms with van der Waals surface area (Å²) in [6, 6.07) is 15.5. The van der Waals surface area contributed by atoms with Crippen LogP contribution in [0.1, 0.15) is 15.9 Å². The van der Waals surface area contributed by atoms with Gasteiger partial charge < -0.3 is 5.32 Å². The van der Waals surface area contributed by atoms with Crippen molar-refractivity contribution in [3.8, 4) is 6.07 Å². The molecule has 2 rings (SSSR count). The SMILES string of the molecule is CS(=O)c1ccc(NC(=O)c2ccccc2)cc1C#N. The maximum absolute atomic E-state index is 12.0. The Morgan fingerprint density at radius 3 is 2.50 bits per heavy atom. The second-order valence-electron chi connectivity index (χ2n) is 4.10. The van der Waals surface area contributed by atoms with Gasteiger partial charge in [0.15, 0.2) is 0 Å². The Labute approximate surface area is 119 Å². The van der Waals surface area contributed by atoms with Gasteiger partial charge in [0.25, 0.3) is 5.91 Å². The Balaban J connectivity index is 2.25. The van der Waals surface area contributed by atoms with Crippen LogP contribution in [0.5, 0.6) is 0 Å². The van der Waals surface area contributed by atoms with E-state index < -0.39 is 10.8 Å². The molecular formula is C15H12N2O2S. The molecule has 1 unspecified atom stereocenters. The number of anilines is 1. The maximum Gasteiger partial charge on any atom is 0.255 e. The topological polar surface area (TPSA) is 70.0 Å². The molecule has 20 heavy (non-hydrogen) atoms. The second kappa shape index (κ2) is 6.13. The number of hydrogen-bond donors (Lipinski definition) is 1. The lowest BCUT2D eigenvalue weighted by Crippen LogP contribution is -2.12. The number of carbonyl (C=O) groups is 1. The van der Waals surface area contributed by atoms with Crippen molar-refractivity contribution in [2.45, 2.75) is 4.90 Å². The van der Waals surface area contributed by atoms with Gasteiger partial charge in [0, 0.05) is 17.5 Å². The first-order valence-corrected chi connectivity index (χ1v) is 7.41. The third-order valence-corrected chi connectivity index (χ3v) is 3.68. The Kier molecular flexibility index (Phi) is 4.28. The van der Waals surface area contributed by atoms with Gasteiger partial charge in [-0.3, -0.25) is 9.00 Å². The first-order chi connectivity index (χ1) is 9.61. The molecule has 0 aliphatic rings. The highest BCUT2D eigenvalue weighted by Gasteiger charge is 2.09. The molecule has 0 spiro atoms. The minimum Gasteiger partial charge on any atom is -0.322 e. The minimum absolute atomic E-state index is 0.250. The van der Waals surface area contributed by atoms with Crippen LogP contribution in [0.15, 0.2) is 53.4 Å². The predicted molar refractivity (Wildman–Crippen MR) is 77.9 cm³/mol. The van der Waals surface area contributed by atoms with Crippen LogP contribution in [0, 0.1) is 11.3 Å². The number of nitriles is 1. The molecule has 5 heteroatoms. The lowest BCUT2D eigenvalue weighted by Gasteiger charge is -2.07. The Hall–Kier alpha value is -2.45. The molecule has 1 amide bonds. The number of nitrogens with zero attached hydrogens (tertiary/aromatic N) is 1. The highest BCUT2D eigenvalue weighted by molar-refractivity contribution is 7.84. The van der Waals surface area contributed by atoms with Gasteiger partial charge in [-0.1, -0.05) is 18.2 Å².